The van der Waals surface area contributed by atoms with Gasteiger partial charge in [0, 0.05) is 34.4 Å². The number of benzene rings is 3. The van der Waals surface area contributed by atoms with Crippen molar-refractivity contribution in [2.75, 3.05) is 0 Å². The summed E-state index contributed by atoms with van der Waals surface area (Å²) >= 11 is 3.51. The molecule has 0 fully saturated rings. The fourth-order valence-electron chi connectivity index (χ4n) is 3.49. The van der Waals surface area contributed by atoms with Gasteiger partial charge in [0.1, 0.15) is 10.3 Å². The van der Waals surface area contributed by atoms with Crippen molar-refractivity contribution in [2.24, 2.45) is 0 Å². The quantitative estimate of drug-likeness (QED) is 0.364. The van der Waals surface area contributed by atoms with Crippen molar-refractivity contribution >= 4 is 37.7 Å². The molecule has 0 N–H and O–H groups in total. The number of fused-ring (bicyclic) bond motifs is 3. The van der Waals surface area contributed by atoms with E-state index in [1.165, 1.54) is 16.3 Å². The predicted octanol–water partition coefficient (Wildman–Crippen LogP) is 6.00. The Balaban J connectivity index is 1.88. The fourth-order valence-corrected chi connectivity index (χ4v) is 3.94. The molecule has 3 aromatic carbocycles. The molecule has 0 radical (unpaired) electrons. The lowest BCUT2D eigenvalue weighted by atomic mass is 10.1. The first kappa shape index (κ1) is 15.3. The number of halogens is 1. The largest absolute Gasteiger partial charge is 0.309 e. The Labute approximate surface area is 159 Å². The van der Waals surface area contributed by atoms with Crippen molar-refractivity contribution in [1.29, 1.82) is 0 Å². The zero-order valence-corrected chi connectivity index (χ0v) is 15.4. The minimum atomic E-state index is 0.752. The third kappa shape index (κ3) is 2.34. The summed E-state index contributed by atoms with van der Waals surface area (Å²) < 4.78 is 3.06. The number of rotatable bonds is 2. The highest BCUT2D eigenvalue weighted by Gasteiger charge is 2.14. The van der Waals surface area contributed by atoms with Crippen LogP contribution in [0.5, 0.6) is 0 Å². The van der Waals surface area contributed by atoms with Gasteiger partial charge in [0.15, 0.2) is 0 Å². The SMILES string of the molecule is Brc1nccnc1-c1ccc2c3ccccc3n(-c3ccccc3)c2c1. The van der Waals surface area contributed by atoms with E-state index in [4.69, 9.17) is 0 Å². The molecule has 0 amide bonds. The van der Waals surface area contributed by atoms with E-state index in [0.29, 0.717) is 0 Å². The van der Waals surface area contributed by atoms with Crippen LogP contribution in [0.2, 0.25) is 0 Å². The normalized spacial score (nSPS) is 11.3. The number of aromatic nitrogens is 3. The summed E-state index contributed by atoms with van der Waals surface area (Å²) in [5, 5.41) is 2.48. The molecule has 0 spiro atoms. The molecule has 0 atom stereocenters. The van der Waals surface area contributed by atoms with E-state index < -0.39 is 0 Å². The van der Waals surface area contributed by atoms with Gasteiger partial charge < -0.3 is 4.57 Å². The van der Waals surface area contributed by atoms with Crippen LogP contribution in [-0.2, 0) is 0 Å². The smallest absolute Gasteiger partial charge is 0.132 e. The fraction of sp³-hybridized carbons (Fsp3) is 0. The molecule has 3 nitrogen and oxygen atoms in total. The molecule has 0 saturated carbocycles. The van der Waals surface area contributed by atoms with Crippen molar-refractivity contribution in [3.63, 3.8) is 0 Å². The summed E-state index contributed by atoms with van der Waals surface area (Å²) in [6, 6.07) is 25.4. The van der Waals surface area contributed by atoms with Crippen molar-refractivity contribution in [3.05, 3.63) is 89.8 Å². The Bertz CT molecular complexity index is 1240. The number of para-hydroxylation sites is 2. The van der Waals surface area contributed by atoms with Crippen LogP contribution in [0.3, 0.4) is 0 Å². The van der Waals surface area contributed by atoms with E-state index in [1.807, 2.05) is 6.07 Å². The number of hydrogen-bond acceptors (Lipinski definition) is 2. The van der Waals surface area contributed by atoms with Crippen LogP contribution in [0.1, 0.15) is 0 Å². The van der Waals surface area contributed by atoms with E-state index in [1.54, 1.807) is 12.4 Å². The van der Waals surface area contributed by atoms with Gasteiger partial charge in [0.05, 0.1) is 11.0 Å². The number of hydrogen-bond donors (Lipinski definition) is 0. The third-order valence-electron chi connectivity index (χ3n) is 4.62. The molecule has 4 heteroatoms. The Kier molecular flexibility index (Phi) is 3.57. The molecule has 0 aliphatic carbocycles. The summed E-state index contributed by atoms with van der Waals surface area (Å²) in [5.41, 5.74) is 5.39. The lowest BCUT2D eigenvalue weighted by Crippen LogP contribution is -1.94. The van der Waals surface area contributed by atoms with Crippen LogP contribution in [-0.4, -0.2) is 14.5 Å². The zero-order chi connectivity index (χ0) is 17.5. The predicted molar refractivity (Wildman–Crippen MR) is 110 cm³/mol. The minimum absolute atomic E-state index is 0.752. The van der Waals surface area contributed by atoms with Gasteiger partial charge in [-0.25, -0.2) is 4.98 Å². The Morgan fingerprint density at radius 1 is 0.692 bits per heavy atom. The summed E-state index contributed by atoms with van der Waals surface area (Å²) in [4.78, 5) is 8.80. The van der Waals surface area contributed by atoms with Crippen LogP contribution in [0.25, 0.3) is 38.8 Å². The first-order chi connectivity index (χ1) is 12.8. The van der Waals surface area contributed by atoms with E-state index in [2.05, 4.69) is 97.2 Å². The van der Waals surface area contributed by atoms with E-state index in [-0.39, 0.29) is 0 Å². The molecule has 26 heavy (non-hydrogen) atoms. The van der Waals surface area contributed by atoms with Crippen molar-refractivity contribution < 1.29 is 0 Å². The van der Waals surface area contributed by atoms with E-state index in [0.717, 1.165) is 27.1 Å². The molecule has 0 unspecified atom stereocenters. The molecule has 2 aromatic heterocycles. The van der Waals surface area contributed by atoms with E-state index in [9.17, 15) is 0 Å². The second kappa shape index (κ2) is 6.07. The van der Waals surface area contributed by atoms with Gasteiger partial charge in [0.25, 0.3) is 0 Å². The highest BCUT2D eigenvalue weighted by atomic mass is 79.9. The summed E-state index contributed by atoms with van der Waals surface area (Å²) in [6.07, 6.45) is 3.41. The highest BCUT2D eigenvalue weighted by Crippen LogP contribution is 2.35. The molecule has 0 bridgehead atoms. The maximum absolute atomic E-state index is 4.49. The molecular weight excluding hydrogens is 386 g/mol. The summed E-state index contributed by atoms with van der Waals surface area (Å²) in [7, 11) is 0. The molecule has 124 valence electrons. The van der Waals surface area contributed by atoms with Crippen LogP contribution in [0, 0.1) is 0 Å². The third-order valence-corrected chi connectivity index (χ3v) is 5.20. The average molecular weight is 400 g/mol. The van der Waals surface area contributed by atoms with Crippen LogP contribution < -0.4 is 0 Å². The Hall–Kier alpha value is -2.98. The molecule has 0 aliphatic heterocycles. The standard InChI is InChI=1S/C22H14BrN3/c23-22-21(24-12-13-25-22)15-10-11-18-17-8-4-5-9-19(17)26(20(18)14-15)16-6-2-1-3-7-16/h1-14H. The van der Waals surface area contributed by atoms with Gasteiger partial charge in [-0.1, -0.05) is 48.5 Å². The van der Waals surface area contributed by atoms with Gasteiger partial charge in [-0.15, -0.1) is 0 Å². The molecular formula is C22H14BrN3. The van der Waals surface area contributed by atoms with Crippen molar-refractivity contribution in [2.45, 2.75) is 0 Å². The summed E-state index contributed by atoms with van der Waals surface area (Å²) in [6.45, 7) is 0. The zero-order valence-electron chi connectivity index (χ0n) is 13.8. The Morgan fingerprint density at radius 3 is 2.27 bits per heavy atom. The van der Waals surface area contributed by atoms with Crippen LogP contribution in [0.4, 0.5) is 0 Å². The lowest BCUT2D eigenvalue weighted by Gasteiger charge is -2.09. The first-order valence-electron chi connectivity index (χ1n) is 8.38. The summed E-state index contributed by atoms with van der Waals surface area (Å²) in [5.74, 6) is 0. The minimum Gasteiger partial charge on any atom is -0.309 e. The molecule has 5 aromatic rings. The molecule has 0 saturated heterocycles. The van der Waals surface area contributed by atoms with Gasteiger partial charge in [-0.05, 0) is 40.2 Å². The van der Waals surface area contributed by atoms with Gasteiger partial charge in [-0.3, -0.25) is 4.98 Å². The van der Waals surface area contributed by atoms with Crippen molar-refractivity contribution in [3.8, 4) is 16.9 Å². The topological polar surface area (TPSA) is 30.7 Å². The van der Waals surface area contributed by atoms with Crippen LogP contribution in [0.15, 0.2) is 89.8 Å². The maximum atomic E-state index is 4.49. The molecule has 0 aliphatic rings. The Morgan fingerprint density at radius 2 is 1.42 bits per heavy atom. The van der Waals surface area contributed by atoms with E-state index >= 15 is 0 Å². The second-order valence-electron chi connectivity index (χ2n) is 6.12. The number of nitrogens with zero attached hydrogens (tertiary/aromatic N) is 3. The molecule has 5 rings (SSSR count). The maximum Gasteiger partial charge on any atom is 0.132 e. The van der Waals surface area contributed by atoms with Crippen molar-refractivity contribution in [1.82, 2.24) is 14.5 Å². The monoisotopic (exact) mass is 399 g/mol. The first-order valence-corrected chi connectivity index (χ1v) is 9.18. The lowest BCUT2D eigenvalue weighted by molar-refractivity contribution is 1.16. The van der Waals surface area contributed by atoms with Gasteiger partial charge in [0.2, 0.25) is 0 Å². The second-order valence-corrected chi connectivity index (χ2v) is 6.87. The van der Waals surface area contributed by atoms with Crippen LogP contribution >= 0.6 is 15.9 Å². The van der Waals surface area contributed by atoms with Gasteiger partial charge in [-0.2, -0.15) is 0 Å². The molecule has 2 heterocycles. The highest BCUT2D eigenvalue weighted by molar-refractivity contribution is 9.10. The van der Waals surface area contributed by atoms with Gasteiger partial charge >= 0.3 is 0 Å². The average Bonchev–Trinajstić information content (AvgIpc) is 3.02.